The third kappa shape index (κ3) is 1.49. The lowest BCUT2D eigenvalue weighted by Gasteiger charge is -2.13. The van der Waals surface area contributed by atoms with Gasteiger partial charge in [-0.3, -0.25) is 5.01 Å². The third-order valence-corrected chi connectivity index (χ3v) is 2.06. The van der Waals surface area contributed by atoms with Gasteiger partial charge in [0.25, 0.3) is 0 Å². The van der Waals surface area contributed by atoms with Crippen molar-refractivity contribution < 1.29 is 0 Å². The zero-order valence-corrected chi connectivity index (χ0v) is 7.95. The van der Waals surface area contributed by atoms with Crippen LogP contribution in [0.2, 0.25) is 0 Å². The Balaban J connectivity index is 2.23. The first kappa shape index (κ1) is 7.76. The van der Waals surface area contributed by atoms with Crippen LogP contribution in [0.5, 0.6) is 0 Å². The molecule has 0 unspecified atom stereocenters. The van der Waals surface area contributed by atoms with E-state index >= 15 is 0 Å². The highest BCUT2D eigenvalue weighted by Gasteiger charge is 2.05. The summed E-state index contributed by atoms with van der Waals surface area (Å²) in [5.74, 6) is 0.909. The Kier molecular flexibility index (Phi) is 2.10. The van der Waals surface area contributed by atoms with Crippen LogP contribution in [0.1, 0.15) is 0 Å². The number of aromatic nitrogens is 1. The van der Waals surface area contributed by atoms with Crippen LogP contribution in [0.4, 0.5) is 5.82 Å². The number of anilines is 1. The predicted molar refractivity (Wildman–Crippen MR) is 51.6 cm³/mol. The molecule has 2 heterocycles. The van der Waals surface area contributed by atoms with E-state index in [1.807, 2.05) is 29.4 Å². The van der Waals surface area contributed by atoms with Crippen LogP contribution in [0.25, 0.3) is 0 Å². The van der Waals surface area contributed by atoms with E-state index < -0.39 is 0 Å². The second kappa shape index (κ2) is 3.25. The number of hydrogen-bond donors (Lipinski definition) is 1. The molecule has 2 rings (SSSR count). The van der Waals surface area contributed by atoms with Crippen LogP contribution in [-0.2, 0) is 0 Å². The molecule has 12 heavy (non-hydrogen) atoms. The molecule has 0 bridgehead atoms. The van der Waals surface area contributed by atoms with E-state index in [0.717, 1.165) is 16.8 Å². The largest absolute Gasteiger partial charge is 0.267 e. The van der Waals surface area contributed by atoms with Gasteiger partial charge in [0.05, 0.1) is 0 Å². The van der Waals surface area contributed by atoms with Crippen molar-refractivity contribution in [2.24, 2.45) is 0 Å². The summed E-state index contributed by atoms with van der Waals surface area (Å²) in [5, 5.41) is 1.90. The smallest absolute Gasteiger partial charge is 0.146 e. The van der Waals surface area contributed by atoms with Crippen LogP contribution in [0.3, 0.4) is 0 Å². The molecule has 4 heteroatoms. The molecular formula is C8H8BrN3. The van der Waals surface area contributed by atoms with Gasteiger partial charge in [-0.2, -0.15) is 0 Å². The van der Waals surface area contributed by atoms with Gasteiger partial charge in [-0.1, -0.05) is 6.08 Å². The van der Waals surface area contributed by atoms with Gasteiger partial charge in [0.1, 0.15) is 5.82 Å². The minimum Gasteiger partial charge on any atom is -0.267 e. The van der Waals surface area contributed by atoms with Crippen molar-refractivity contribution in [3.05, 3.63) is 35.1 Å². The number of halogens is 1. The number of hydrogen-bond acceptors (Lipinski definition) is 3. The second-order valence-electron chi connectivity index (χ2n) is 2.45. The van der Waals surface area contributed by atoms with Gasteiger partial charge in [0.15, 0.2) is 0 Å². The first-order valence-corrected chi connectivity index (χ1v) is 4.46. The topological polar surface area (TPSA) is 28.2 Å². The molecule has 1 aliphatic heterocycles. The zero-order valence-electron chi connectivity index (χ0n) is 6.37. The molecule has 1 aromatic heterocycles. The minimum absolute atomic E-state index is 0.873. The molecule has 0 atom stereocenters. The second-order valence-corrected chi connectivity index (χ2v) is 3.37. The Hall–Kier alpha value is -0.870. The highest BCUT2D eigenvalue weighted by molar-refractivity contribution is 9.10. The quantitative estimate of drug-likeness (QED) is 0.789. The summed E-state index contributed by atoms with van der Waals surface area (Å²) < 4.78 is 0.995. The fourth-order valence-corrected chi connectivity index (χ4v) is 1.26. The maximum atomic E-state index is 4.23. The molecule has 0 aliphatic carbocycles. The number of rotatable bonds is 1. The SMILES string of the molecule is Brc1ccc(N2C=CCN2)nc1. The van der Waals surface area contributed by atoms with Crippen molar-refractivity contribution in [3.63, 3.8) is 0 Å². The summed E-state index contributed by atoms with van der Waals surface area (Å²) in [6.45, 7) is 0.873. The van der Waals surface area contributed by atoms with E-state index in [9.17, 15) is 0 Å². The Morgan fingerprint density at radius 3 is 3.00 bits per heavy atom. The van der Waals surface area contributed by atoms with Gasteiger partial charge in [0.2, 0.25) is 0 Å². The van der Waals surface area contributed by atoms with E-state index in [1.165, 1.54) is 0 Å². The fraction of sp³-hybridized carbons (Fsp3) is 0.125. The van der Waals surface area contributed by atoms with Gasteiger partial charge in [-0.15, -0.1) is 0 Å². The summed E-state index contributed by atoms with van der Waals surface area (Å²) in [5.41, 5.74) is 3.14. The molecule has 0 fully saturated rings. The summed E-state index contributed by atoms with van der Waals surface area (Å²) in [6.07, 6.45) is 5.79. The highest BCUT2D eigenvalue weighted by atomic mass is 79.9. The van der Waals surface area contributed by atoms with Gasteiger partial charge in [-0.25, -0.2) is 10.4 Å². The number of hydrazine groups is 1. The van der Waals surface area contributed by atoms with Crippen LogP contribution >= 0.6 is 15.9 Å². The Morgan fingerprint density at radius 1 is 1.50 bits per heavy atom. The Labute approximate surface area is 79.2 Å². The zero-order chi connectivity index (χ0) is 8.39. The molecule has 0 amide bonds. The van der Waals surface area contributed by atoms with Crippen molar-refractivity contribution in [2.45, 2.75) is 0 Å². The number of nitrogens with one attached hydrogen (secondary N) is 1. The first-order valence-electron chi connectivity index (χ1n) is 3.67. The molecular weight excluding hydrogens is 218 g/mol. The van der Waals surface area contributed by atoms with Gasteiger partial charge in [-0.05, 0) is 28.1 Å². The van der Waals surface area contributed by atoms with E-state index in [1.54, 1.807) is 6.20 Å². The maximum absolute atomic E-state index is 4.23. The van der Waals surface area contributed by atoms with Crippen LogP contribution < -0.4 is 10.4 Å². The van der Waals surface area contributed by atoms with Crippen molar-refractivity contribution in [3.8, 4) is 0 Å². The summed E-state index contributed by atoms with van der Waals surface area (Å²) in [6, 6.07) is 3.92. The molecule has 1 aliphatic rings. The Bertz CT molecular complexity index is 294. The molecule has 0 spiro atoms. The van der Waals surface area contributed by atoms with Crippen molar-refractivity contribution >= 4 is 21.7 Å². The Morgan fingerprint density at radius 2 is 2.42 bits per heavy atom. The van der Waals surface area contributed by atoms with Crippen molar-refractivity contribution in [1.29, 1.82) is 0 Å². The summed E-state index contributed by atoms with van der Waals surface area (Å²) in [4.78, 5) is 4.23. The lowest BCUT2D eigenvalue weighted by molar-refractivity contribution is 0.800. The summed E-state index contributed by atoms with van der Waals surface area (Å²) in [7, 11) is 0. The molecule has 1 aromatic rings. The van der Waals surface area contributed by atoms with E-state index in [2.05, 4.69) is 26.3 Å². The van der Waals surface area contributed by atoms with E-state index in [0.29, 0.717) is 0 Å². The number of nitrogens with zero attached hydrogens (tertiary/aromatic N) is 2. The van der Waals surface area contributed by atoms with Crippen molar-refractivity contribution in [2.75, 3.05) is 11.6 Å². The van der Waals surface area contributed by atoms with Crippen LogP contribution in [-0.4, -0.2) is 11.5 Å². The van der Waals surface area contributed by atoms with E-state index in [4.69, 9.17) is 0 Å². The molecule has 0 radical (unpaired) electrons. The molecule has 1 N–H and O–H groups in total. The van der Waals surface area contributed by atoms with Gasteiger partial charge >= 0.3 is 0 Å². The average Bonchev–Trinajstić information content (AvgIpc) is 2.58. The summed E-state index contributed by atoms with van der Waals surface area (Å²) >= 11 is 3.33. The fourth-order valence-electron chi connectivity index (χ4n) is 1.03. The maximum Gasteiger partial charge on any atom is 0.146 e. The predicted octanol–water partition coefficient (Wildman–Crippen LogP) is 1.68. The minimum atomic E-state index is 0.873. The van der Waals surface area contributed by atoms with Gasteiger partial charge in [0, 0.05) is 23.4 Å². The standard InChI is InChI=1S/C8H8BrN3/c9-7-2-3-8(10-6-7)12-5-1-4-11-12/h1-3,5-6,11H,4H2. The molecule has 0 saturated heterocycles. The highest BCUT2D eigenvalue weighted by Crippen LogP contribution is 2.14. The normalized spacial score (nSPS) is 15.6. The van der Waals surface area contributed by atoms with Gasteiger partial charge < -0.3 is 0 Å². The first-order chi connectivity index (χ1) is 5.86. The van der Waals surface area contributed by atoms with Crippen LogP contribution in [0, 0.1) is 0 Å². The molecule has 62 valence electrons. The molecule has 3 nitrogen and oxygen atoms in total. The monoisotopic (exact) mass is 225 g/mol. The number of pyridine rings is 1. The van der Waals surface area contributed by atoms with Crippen LogP contribution in [0.15, 0.2) is 35.1 Å². The lowest BCUT2D eigenvalue weighted by atomic mass is 10.4. The third-order valence-electron chi connectivity index (χ3n) is 1.59. The average molecular weight is 226 g/mol. The lowest BCUT2D eigenvalue weighted by Crippen LogP contribution is -2.28. The van der Waals surface area contributed by atoms with E-state index in [-0.39, 0.29) is 0 Å². The molecule has 0 aromatic carbocycles. The molecule has 0 saturated carbocycles. The van der Waals surface area contributed by atoms with Crippen molar-refractivity contribution in [1.82, 2.24) is 10.4 Å².